The van der Waals surface area contributed by atoms with E-state index < -0.39 is 6.03 Å². The molecule has 2 amide bonds. The van der Waals surface area contributed by atoms with Crippen LogP contribution < -0.4 is 5.32 Å². The van der Waals surface area contributed by atoms with E-state index in [4.69, 9.17) is 11.6 Å². The number of fused-ring (bicyclic) bond motifs is 3. The number of benzene rings is 1. The number of likely N-dealkylation sites (tertiary alicyclic amines) is 1. The number of aromatic nitrogens is 2. The maximum atomic E-state index is 12.8. The molecule has 1 aromatic heterocycles. The molecular formula is C22H26ClN5O2. The van der Waals surface area contributed by atoms with Crippen molar-refractivity contribution in [2.24, 2.45) is 5.92 Å². The zero-order valence-corrected chi connectivity index (χ0v) is 17.7. The topological polar surface area (TPSA) is 81.6 Å². The van der Waals surface area contributed by atoms with E-state index in [1.54, 1.807) is 18.6 Å². The van der Waals surface area contributed by atoms with Gasteiger partial charge >= 0.3 is 6.03 Å². The Labute approximate surface area is 181 Å². The number of halogens is 1. The lowest BCUT2D eigenvalue weighted by molar-refractivity contribution is -0.0922. The number of nitrogens with zero attached hydrogens (tertiary/aromatic N) is 4. The van der Waals surface area contributed by atoms with Crippen LogP contribution >= 0.6 is 11.6 Å². The van der Waals surface area contributed by atoms with E-state index in [0.717, 1.165) is 66.2 Å². The molecule has 2 fully saturated rings. The molecule has 1 saturated carbocycles. The van der Waals surface area contributed by atoms with Crippen LogP contribution in [0.2, 0.25) is 5.02 Å². The molecule has 2 N–H and O–H groups in total. The molecule has 1 aliphatic heterocycles. The third kappa shape index (κ3) is 3.55. The highest BCUT2D eigenvalue weighted by atomic mass is 35.5. The van der Waals surface area contributed by atoms with Crippen molar-refractivity contribution in [3.05, 3.63) is 46.9 Å². The standard InChI is InChI=1S/C22H26ClN5O2/c1-27-8-4-14(5-9-27)28(30)22(29)26-18-11-13-10-17(13)20-15(18)2-3-16(21(20)23)19-12-24-6-7-25-19/h2-3,6-7,12-14,17-18,30H,4-5,8-11H2,1H3,(H,26,29). The van der Waals surface area contributed by atoms with E-state index in [0.29, 0.717) is 16.9 Å². The molecule has 0 spiro atoms. The van der Waals surface area contributed by atoms with Crippen LogP contribution in [0.25, 0.3) is 11.3 Å². The van der Waals surface area contributed by atoms with E-state index in [-0.39, 0.29) is 12.1 Å². The Morgan fingerprint density at radius 2 is 2.07 bits per heavy atom. The molecule has 2 aromatic rings. The third-order valence-corrected chi connectivity index (χ3v) is 7.21. The van der Waals surface area contributed by atoms with Gasteiger partial charge in [-0.3, -0.25) is 15.2 Å². The van der Waals surface area contributed by atoms with Crippen molar-refractivity contribution in [1.82, 2.24) is 25.2 Å². The maximum absolute atomic E-state index is 12.8. The van der Waals surface area contributed by atoms with E-state index in [1.165, 1.54) is 0 Å². The number of hydrogen-bond acceptors (Lipinski definition) is 5. The molecular weight excluding hydrogens is 402 g/mol. The average molecular weight is 428 g/mol. The Balaban J connectivity index is 1.38. The number of nitrogens with one attached hydrogen (secondary N) is 1. The summed E-state index contributed by atoms with van der Waals surface area (Å²) in [6.45, 7) is 1.76. The molecule has 2 heterocycles. The molecule has 5 rings (SSSR count). The first kappa shape index (κ1) is 19.7. The van der Waals surface area contributed by atoms with Crippen LogP contribution in [0.5, 0.6) is 0 Å². The van der Waals surface area contributed by atoms with Gasteiger partial charge in [-0.2, -0.15) is 0 Å². The highest BCUT2D eigenvalue weighted by molar-refractivity contribution is 6.34. The lowest BCUT2D eigenvalue weighted by Crippen LogP contribution is -2.49. The van der Waals surface area contributed by atoms with Gasteiger partial charge in [0.15, 0.2) is 0 Å². The predicted molar refractivity (Wildman–Crippen MR) is 113 cm³/mol. The molecule has 0 radical (unpaired) electrons. The Morgan fingerprint density at radius 3 is 2.80 bits per heavy atom. The fourth-order valence-electron chi connectivity index (χ4n) is 4.97. The van der Waals surface area contributed by atoms with Gasteiger partial charge in [-0.15, -0.1) is 0 Å². The lowest BCUT2D eigenvalue weighted by atomic mass is 9.86. The van der Waals surface area contributed by atoms with Crippen molar-refractivity contribution >= 4 is 17.6 Å². The molecule has 1 aromatic carbocycles. The van der Waals surface area contributed by atoms with Gasteiger partial charge in [-0.25, -0.2) is 9.86 Å². The minimum absolute atomic E-state index is 0.138. The Kier molecular flexibility index (Phi) is 5.13. The van der Waals surface area contributed by atoms with Gasteiger partial charge in [-0.05, 0) is 68.8 Å². The molecule has 1 saturated heterocycles. The fraction of sp³-hybridized carbons (Fsp3) is 0.500. The molecule has 30 heavy (non-hydrogen) atoms. The Hall–Kier alpha value is -2.22. The summed E-state index contributed by atoms with van der Waals surface area (Å²) in [5.41, 5.74) is 3.79. The van der Waals surface area contributed by atoms with Gasteiger partial charge < -0.3 is 10.2 Å². The van der Waals surface area contributed by atoms with E-state index >= 15 is 0 Å². The quantitative estimate of drug-likeness (QED) is 0.574. The Bertz CT molecular complexity index is 948. The summed E-state index contributed by atoms with van der Waals surface area (Å²) in [4.78, 5) is 23.5. The zero-order valence-electron chi connectivity index (χ0n) is 17.0. The van der Waals surface area contributed by atoms with Gasteiger partial charge in [0.25, 0.3) is 0 Å². The second-order valence-corrected chi connectivity index (χ2v) is 9.12. The van der Waals surface area contributed by atoms with E-state index in [2.05, 4.69) is 27.2 Å². The number of carbonyl (C=O) groups excluding carboxylic acids is 1. The van der Waals surface area contributed by atoms with Gasteiger partial charge in [0.1, 0.15) is 0 Å². The normalized spacial score (nSPS) is 25.9. The zero-order chi connectivity index (χ0) is 20.8. The highest BCUT2D eigenvalue weighted by Gasteiger charge is 2.48. The molecule has 7 nitrogen and oxygen atoms in total. The van der Waals surface area contributed by atoms with Gasteiger partial charge in [-0.1, -0.05) is 23.7 Å². The van der Waals surface area contributed by atoms with Crippen LogP contribution in [0, 0.1) is 5.92 Å². The number of rotatable bonds is 3. The minimum atomic E-state index is -0.422. The van der Waals surface area contributed by atoms with Crippen molar-refractivity contribution < 1.29 is 10.0 Å². The summed E-state index contributed by atoms with van der Waals surface area (Å²) in [5.74, 6) is 0.962. The number of carbonyl (C=O) groups is 1. The molecule has 3 aliphatic rings. The second kappa shape index (κ2) is 7.80. The highest BCUT2D eigenvalue weighted by Crippen LogP contribution is 2.60. The van der Waals surface area contributed by atoms with Crippen molar-refractivity contribution in [3.8, 4) is 11.3 Å². The number of hydroxylamine groups is 2. The summed E-state index contributed by atoms with van der Waals surface area (Å²) in [6, 6.07) is 3.29. The van der Waals surface area contributed by atoms with Gasteiger partial charge in [0, 0.05) is 18.0 Å². The van der Waals surface area contributed by atoms with Crippen LogP contribution in [0.3, 0.4) is 0 Å². The van der Waals surface area contributed by atoms with Crippen LogP contribution in [-0.4, -0.2) is 57.3 Å². The number of amides is 2. The summed E-state index contributed by atoms with van der Waals surface area (Å²) < 4.78 is 0. The van der Waals surface area contributed by atoms with Crippen molar-refractivity contribution in [2.45, 2.75) is 43.7 Å². The monoisotopic (exact) mass is 427 g/mol. The minimum Gasteiger partial charge on any atom is -0.329 e. The van der Waals surface area contributed by atoms with E-state index in [1.807, 2.05) is 12.1 Å². The molecule has 2 aliphatic carbocycles. The van der Waals surface area contributed by atoms with Gasteiger partial charge in [0.05, 0.1) is 29.0 Å². The summed E-state index contributed by atoms with van der Waals surface area (Å²) in [5, 5.41) is 15.2. The summed E-state index contributed by atoms with van der Waals surface area (Å²) in [6.07, 6.45) is 8.53. The first-order valence-electron chi connectivity index (χ1n) is 10.6. The maximum Gasteiger partial charge on any atom is 0.341 e. The molecule has 8 heteroatoms. The Morgan fingerprint density at radius 1 is 1.27 bits per heavy atom. The van der Waals surface area contributed by atoms with Crippen LogP contribution in [0.15, 0.2) is 30.7 Å². The largest absolute Gasteiger partial charge is 0.341 e. The van der Waals surface area contributed by atoms with Crippen LogP contribution in [-0.2, 0) is 0 Å². The summed E-state index contributed by atoms with van der Waals surface area (Å²) >= 11 is 6.84. The third-order valence-electron chi connectivity index (χ3n) is 6.80. The lowest BCUT2D eigenvalue weighted by Gasteiger charge is -2.35. The SMILES string of the molecule is CN1CCC(N(O)C(=O)NC2CC3CC3c3c2ccc(-c2cnccn2)c3Cl)CC1. The molecule has 3 unspecified atom stereocenters. The average Bonchev–Trinajstić information content (AvgIpc) is 3.54. The van der Waals surface area contributed by atoms with Crippen molar-refractivity contribution in [3.63, 3.8) is 0 Å². The first-order valence-corrected chi connectivity index (χ1v) is 11.0. The number of hydrogen-bond donors (Lipinski definition) is 2. The molecule has 3 atom stereocenters. The van der Waals surface area contributed by atoms with Crippen LogP contribution in [0.4, 0.5) is 4.79 Å². The van der Waals surface area contributed by atoms with Crippen molar-refractivity contribution in [1.29, 1.82) is 0 Å². The molecule has 0 bridgehead atoms. The predicted octanol–water partition coefficient (Wildman–Crippen LogP) is 3.84. The van der Waals surface area contributed by atoms with Crippen molar-refractivity contribution in [2.75, 3.05) is 20.1 Å². The van der Waals surface area contributed by atoms with Gasteiger partial charge in [0.2, 0.25) is 0 Å². The smallest absolute Gasteiger partial charge is 0.329 e. The summed E-state index contributed by atoms with van der Waals surface area (Å²) in [7, 11) is 2.06. The van der Waals surface area contributed by atoms with E-state index in [9.17, 15) is 10.0 Å². The fourth-order valence-corrected chi connectivity index (χ4v) is 5.38. The number of urea groups is 1. The first-order chi connectivity index (χ1) is 14.5. The molecule has 158 valence electrons. The second-order valence-electron chi connectivity index (χ2n) is 8.74. The van der Waals surface area contributed by atoms with Crippen LogP contribution in [0.1, 0.15) is 48.8 Å². The number of piperidine rings is 1.